The number of oxazole rings is 1. The molecule has 168 valence electrons. The first-order chi connectivity index (χ1) is 16.0. The van der Waals surface area contributed by atoms with Crippen LogP contribution in [0.2, 0.25) is 0 Å². The Morgan fingerprint density at radius 3 is 2.64 bits per heavy atom. The van der Waals surface area contributed by atoms with Crippen molar-refractivity contribution < 1.29 is 13.9 Å². The van der Waals surface area contributed by atoms with Crippen molar-refractivity contribution in [2.45, 2.75) is 19.6 Å². The number of carbonyl (C=O) groups is 1. The Morgan fingerprint density at radius 2 is 1.91 bits per heavy atom. The topological polar surface area (TPSA) is 116 Å². The molecule has 3 aromatic heterocycles. The summed E-state index contributed by atoms with van der Waals surface area (Å²) in [5.41, 5.74) is 10.3. The lowest BCUT2D eigenvalue weighted by Crippen LogP contribution is -2.44. The number of carbonyl (C=O) groups excluding carboxylic acids is 1. The minimum absolute atomic E-state index is 0.0848. The van der Waals surface area contributed by atoms with Crippen LogP contribution >= 0.6 is 0 Å². The van der Waals surface area contributed by atoms with E-state index in [-0.39, 0.29) is 18.6 Å². The molecule has 33 heavy (non-hydrogen) atoms. The average Bonchev–Trinajstić information content (AvgIpc) is 3.14. The van der Waals surface area contributed by atoms with Crippen molar-refractivity contribution >= 4 is 22.8 Å². The molecule has 2 N–H and O–H groups in total. The summed E-state index contributed by atoms with van der Waals surface area (Å²) in [5, 5.41) is 0. The minimum Gasteiger partial charge on any atom is -0.408 e. The smallest absolute Gasteiger partial charge is 0.408 e. The van der Waals surface area contributed by atoms with Gasteiger partial charge in [0.25, 0.3) is 0 Å². The fourth-order valence-corrected chi connectivity index (χ4v) is 3.95. The van der Waals surface area contributed by atoms with E-state index in [1.54, 1.807) is 29.4 Å². The fraction of sp³-hybridized carbons (Fsp3) is 0.250. The first kappa shape index (κ1) is 20.9. The van der Waals surface area contributed by atoms with Gasteiger partial charge < -0.3 is 19.8 Å². The van der Waals surface area contributed by atoms with Gasteiger partial charge in [0.15, 0.2) is 5.58 Å². The van der Waals surface area contributed by atoms with Gasteiger partial charge in [0, 0.05) is 30.1 Å². The lowest BCUT2D eigenvalue weighted by atomic mass is 10.1. The summed E-state index contributed by atoms with van der Waals surface area (Å²) in [6, 6.07) is 12.9. The second kappa shape index (κ2) is 8.51. The number of aryl methyl sites for hydroxylation is 1. The standard InChI is InChI=1S/C24H23N5O4/c1-15-2-6-20-19(10-15)29(24(31)33-20)14-23(30)28-8-9-32-21(13-28)18-5-3-16(11-26-18)17-4-7-22(25)27-12-17/h2-7,10-12,21H,8-9,13-14H2,1H3,(H2,25,27)/t21-/m0/s1. The number of ether oxygens (including phenoxy) is 1. The Hall–Kier alpha value is -3.98. The Morgan fingerprint density at radius 1 is 1.12 bits per heavy atom. The summed E-state index contributed by atoms with van der Waals surface area (Å²) < 4.78 is 12.5. The number of amides is 1. The van der Waals surface area contributed by atoms with E-state index in [0.717, 1.165) is 22.4 Å². The average molecular weight is 445 g/mol. The maximum absolute atomic E-state index is 13.0. The van der Waals surface area contributed by atoms with Crippen molar-refractivity contribution in [2.75, 3.05) is 25.4 Å². The number of benzene rings is 1. The van der Waals surface area contributed by atoms with Crippen molar-refractivity contribution in [3.63, 3.8) is 0 Å². The van der Waals surface area contributed by atoms with E-state index in [1.807, 2.05) is 37.3 Å². The Labute approximate surface area is 189 Å². The molecule has 1 saturated heterocycles. The molecule has 1 aromatic carbocycles. The van der Waals surface area contributed by atoms with Gasteiger partial charge in [-0.05, 0) is 42.8 Å². The molecule has 1 aliphatic rings. The van der Waals surface area contributed by atoms with Gasteiger partial charge in [0.2, 0.25) is 5.91 Å². The molecule has 0 spiro atoms. The van der Waals surface area contributed by atoms with Crippen molar-refractivity contribution in [1.82, 2.24) is 19.4 Å². The lowest BCUT2D eigenvalue weighted by Gasteiger charge is -2.32. The van der Waals surface area contributed by atoms with Crippen LogP contribution in [-0.4, -0.2) is 45.0 Å². The second-order valence-electron chi connectivity index (χ2n) is 8.07. The van der Waals surface area contributed by atoms with Crippen molar-refractivity contribution in [2.24, 2.45) is 0 Å². The van der Waals surface area contributed by atoms with Crippen molar-refractivity contribution in [3.05, 3.63) is 76.7 Å². The molecule has 0 radical (unpaired) electrons. The molecular formula is C24H23N5O4. The lowest BCUT2D eigenvalue weighted by molar-refractivity contribution is -0.139. The predicted molar refractivity (Wildman–Crippen MR) is 122 cm³/mol. The summed E-state index contributed by atoms with van der Waals surface area (Å²) in [7, 11) is 0. The monoisotopic (exact) mass is 445 g/mol. The first-order valence-electron chi connectivity index (χ1n) is 10.6. The highest BCUT2D eigenvalue weighted by atomic mass is 16.5. The summed E-state index contributed by atoms with van der Waals surface area (Å²) in [6.07, 6.45) is 3.11. The number of aromatic nitrogens is 3. The number of anilines is 1. The van der Waals surface area contributed by atoms with E-state index in [2.05, 4.69) is 9.97 Å². The molecule has 0 aliphatic carbocycles. The maximum Gasteiger partial charge on any atom is 0.420 e. The predicted octanol–water partition coefficient (Wildman–Crippen LogP) is 2.54. The highest BCUT2D eigenvalue weighted by Gasteiger charge is 2.27. The van der Waals surface area contributed by atoms with Crippen LogP contribution in [0, 0.1) is 6.92 Å². The van der Waals surface area contributed by atoms with Crippen LogP contribution in [0.15, 0.2) is 64.1 Å². The van der Waals surface area contributed by atoms with Gasteiger partial charge in [-0.25, -0.2) is 9.78 Å². The third kappa shape index (κ3) is 4.22. The molecule has 0 bridgehead atoms. The van der Waals surface area contributed by atoms with Crippen molar-refractivity contribution in [3.8, 4) is 11.1 Å². The van der Waals surface area contributed by atoms with E-state index in [1.165, 1.54) is 4.57 Å². The number of nitrogen functional groups attached to an aromatic ring is 1. The zero-order chi connectivity index (χ0) is 22.9. The number of pyridine rings is 2. The zero-order valence-corrected chi connectivity index (χ0v) is 18.1. The van der Waals surface area contributed by atoms with Crippen LogP contribution in [0.25, 0.3) is 22.2 Å². The van der Waals surface area contributed by atoms with Gasteiger partial charge in [-0.15, -0.1) is 0 Å². The number of fused-ring (bicyclic) bond motifs is 1. The van der Waals surface area contributed by atoms with Crippen LogP contribution in [0.5, 0.6) is 0 Å². The third-order valence-electron chi connectivity index (χ3n) is 5.77. The number of rotatable bonds is 4. The molecule has 9 nitrogen and oxygen atoms in total. The highest BCUT2D eigenvalue weighted by molar-refractivity contribution is 5.80. The quantitative estimate of drug-likeness (QED) is 0.513. The van der Waals surface area contributed by atoms with E-state index < -0.39 is 5.76 Å². The first-order valence-corrected chi connectivity index (χ1v) is 10.6. The largest absolute Gasteiger partial charge is 0.420 e. The molecule has 4 aromatic rings. The molecule has 9 heteroatoms. The Kier molecular flexibility index (Phi) is 5.39. The number of morpholine rings is 1. The number of hydrogen-bond donors (Lipinski definition) is 1. The summed E-state index contributed by atoms with van der Waals surface area (Å²) in [4.78, 5) is 35.7. The van der Waals surface area contributed by atoms with E-state index in [0.29, 0.717) is 36.6 Å². The van der Waals surface area contributed by atoms with E-state index in [9.17, 15) is 9.59 Å². The molecule has 1 aliphatic heterocycles. The third-order valence-corrected chi connectivity index (χ3v) is 5.77. The molecule has 0 unspecified atom stereocenters. The van der Waals surface area contributed by atoms with E-state index in [4.69, 9.17) is 14.9 Å². The Balaban J connectivity index is 1.30. The Bertz CT molecular complexity index is 1360. The zero-order valence-electron chi connectivity index (χ0n) is 18.1. The van der Waals surface area contributed by atoms with Gasteiger partial charge in [-0.1, -0.05) is 12.1 Å². The summed E-state index contributed by atoms with van der Waals surface area (Å²) in [6.45, 7) is 3.05. The van der Waals surface area contributed by atoms with Gasteiger partial charge in [-0.3, -0.25) is 14.3 Å². The van der Waals surface area contributed by atoms with Crippen molar-refractivity contribution in [1.29, 1.82) is 0 Å². The fourth-order valence-electron chi connectivity index (χ4n) is 3.95. The SMILES string of the molecule is Cc1ccc2oc(=O)n(CC(=O)N3CCO[C@H](c4ccc(-c5ccc(N)nc5)cn4)C3)c2c1. The molecular weight excluding hydrogens is 422 g/mol. The molecule has 4 heterocycles. The summed E-state index contributed by atoms with van der Waals surface area (Å²) in [5.74, 6) is -0.244. The summed E-state index contributed by atoms with van der Waals surface area (Å²) >= 11 is 0. The highest BCUT2D eigenvalue weighted by Crippen LogP contribution is 2.24. The van der Waals surface area contributed by atoms with Crippen LogP contribution in [0.4, 0.5) is 5.82 Å². The maximum atomic E-state index is 13.0. The second-order valence-corrected chi connectivity index (χ2v) is 8.07. The van der Waals surface area contributed by atoms with Crippen LogP contribution in [0.1, 0.15) is 17.4 Å². The molecule has 0 saturated carbocycles. The molecule has 5 rings (SSSR count). The van der Waals surface area contributed by atoms with E-state index >= 15 is 0 Å². The van der Waals surface area contributed by atoms with Gasteiger partial charge >= 0.3 is 5.76 Å². The number of nitrogens with zero attached hydrogens (tertiary/aromatic N) is 4. The number of hydrogen-bond acceptors (Lipinski definition) is 7. The normalized spacial score (nSPS) is 16.3. The minimum atomic E-state index is -0.539. The van der Waals surface area contributed by atoms with Gasteiger partial charge in [0.05, 0.1) is 24.4 Å². The molecule has 1 amide bonds. The van der Waals surface area contributed by atoms with Crippen LogP contribution in [0.3, 0.4) is 0 Å². The van der Waals surface area contributed by atoms with Crippen LogP contribution < -0.4 is 11.5 Å². The molecule has 1 fully saturated rings. The van der Waals surface area contributed by atoms with Gasteiger partial charge in [0.1, 0.15) is 18.5 Å². The number of nitrogens with two attached hydrogens (primary N) is 1. The molecule has 1 atom stereocenters. The van der Waals surface area contributed by atoms with Gasteiger partial charge in [-0.2, -0.15) is 0 Å². The van der Waals surface area contributed by atoms with Crippen LogP contribution in [-0.2, 0) is 16.1 Å².